The average molecular weight is 283 g/mol. The van der Waals surface area contributed by atoms with Gasteiger partial charge in [-0.2, -0.15) is 0 Å². The largest absolute Gasteiger partial charge is 0.480 e. The minimum absolute atomic E-state index is 0.0100. The van der Waals surface area contributed by atoms with E-state index in [2.05, 4.69) is 5.32 Å². The third kappa shape index (κ3) is 5.32. The molecule has 6 heteroatoms. The molecule has 19 heavy (non-hydrogen) atoms. The normalized spacial score (nSPS) is 11.9. The second-order valence-corrected chi connectivity index (χ2v) is 5.04. The molecular weight excluding hydrogens is 266 g/mol. The summed E-state index contributed by atoms with van der Waals surface area (Å²) in [6.07, 6.45) is 0.0100. The fourth-order valence-corrected chi connectivity index (χ4v) is 2.32. The van der Waals surface area contributed by atoms with Crippen molar-refractivity contribution in [2.75, 3.05) is 12.4 Å². The number of aliphatic hydroxyl groups is 1. The lowest BCUT2D eigenvalue weighted by Crippen LogP contribution is -2.42. The number of aryl methyl sites for hydroxylation is 1. The number of aliphatic carboxylic acids is 1. The quantitative estimate of drug-likeness (QED) is 0.651. The van der Waals surface area contributed by atoms with Crippen LogP contribution in [-0.2, 0) is 9.59 Å². The van der Waals surface area contributed by atoms with Crippen molar-refractivity contribution in [1.29, 1.82) is 0 Å². The molecule has 0 bridgehead atoms. The molecule has 0 radical (unpaired) electrons. The van der Waals surface area contributed by atoms with Crippen LogP contribution < -0.4 is 5.32 Å². The molecule has 5 nitrogen and oxygen atoms in total. The maximum atomic E-state index is 11.6. The van der Waals surface area contributed by atoms with E-state index in [9.17, 15) is 9.59 Å². The molecule has 0 aliphatic carbocycles. The van der Waals surface area contributed by atoms with Crippen LogP contribution in [0.2, 0.25) is 0 Å². The summed E-state index contributed by atoms with van der Waals surface area (Å²) in [4.78, 5) is 23.5. The number of aliphatic hydroxyl groups excluding tert-OH is 1. The van der Waals surface area contributed by atoms with E-state index in [-0.39, 0.29) is 24.7 Å². The van der Waals surface area contributed by atoms with Gasteiger partial charge in [0.15, 0.2) is 0 Å². The van der Waals surface area contributed by atoms with E-state index in [0.29, 0.717) is 0 Å². The van der Waals surface area contributed by atoms with Crippen LogP contribution in [-0.4, -0.2) is 40.5 Å². The lowest BCUT2D eigenvalue weighted by atomic mass is 10.2. The van der Waals surface area contributed by atoms with Crippen molar-refractivity contribution in [2.24, 2.45) is 0 Å². The zero-order valence-electron chi connectivity index (χ0n) is 10.6. The lowest BCUT2D eigenvalue weighted by molar-refractivity contribution is -0.141. The molecule has 1 aromatic carbocycles. The van der Waals surface area contributed by atoms with Gasteiger partial charge in [-0.25, -0.2) is 4.79 Å². The van der Waals surface area contributed by atoms with Gasteiger partial charge in [-0.3, -0.25) is 4.79 Å². The molecular formula is C13H17NO4S. The van der Waals surface area contributed by atoms with Crippen molar-refractivity contribution in [2.45, 2.75) is 24.3 Å². The van der Waals surface area contributed by atoms with E-state index in [0.717, 1.165) is 10.5 Å². The fraction of sp³-hybridized carbons (Fsp3) is 0.385. The summed E-state index contributed by atoms with van der Waals surface area (Å²) in [5.41, 5.74) is 1.07. The zero-order valence-corrected chi connectivity index (χ0v) is 11.4. The maximum absolute atomic E-state index is 11.6. The van der Waals surface area contributed by atoms with Crippen molar-refractivity contribution in [3.63, 3.8) is 0 Å². The highest BCUT2D eigenvalue weighted by Gasteiger charge is 2.19. The molecule has 0 saturated carbocycles. The maximum Gasteiger partial charge on any atom is 0.326 e. The number of carboxylic acid groups (broad SMARTS) is 1. The van der Waals surface area contributed by atoms with Crippen molar-refractivity contribution >= 4 is 23.6 Å². The van der Waals surface area contributed by atoms with Crippen molar-refractivity contribution in [3.05, 3.63) is 29.8 Å². The van der Waals surface area contributed by atoms with E-state index in [1.165, 1.54) is 11.8 Å². The Balaban J connectivity index is 2.47. The summed E-state index contributed by atoms with van der Waals surface area (Å²) in [5, 5.41) is 20.0. The molecule has 0 fully saturated rings. The Labute approximate surface area is 116 Å². The van der Waals surface area contributed by atoms with Crippen LogP contribution in [0.5, 0.6) is 0 Å². The summed E-state index contributed by atoms with van der Waals surface area (Å²) in [7, 11) is 0. The third-order valence-electron chi connectivity index (χ3n) is 2.50. The van der Waals surface area contributed by atoms with Gasteiger partial charge in [0, 0.05) is 17.9 Å². The van der Waals surface area contributed by atoms with Crippen LogP contribution in [0.4, 0.5) is 0 Å². The van der Waals surface area contributed by atoms with Gasteiger partial charge in [-0.15, -0.1) is 11.8 Å². The van der Waals surface area contributed by atoms with Gasteiger partial charge in [0.1, 0.15) is 6.04 Å². The monoisotopic (exact) mass is 283 g/mol. The summed E-state index contributed by atoms with van der Waals surface area (Å²) in [6, 6.07) is 6.64. The Bertz CT molecular complexity index is 450. The molecule has 1 atom stereocenters. The first-order valence-corrected chi connectivity index (χ1v) is 6.84. The predicted molar refractivity (Wildman–Crippen MR) is 73.2 cm³/mol. The number of nitrogens with one attached hydrogen (secondary N) is 1. The van der Waals surface area contributed by atoms with Gasteiger partial charge in [-0.05, 0) is 18.6 Å². The second kappa shape index (κ2) is 7.81. The number of carbonyl (C=O) groups is 2. The van der Waals surface area contributed by atoms with Crippen LogP contribution in [0.3, 0.4) is 0 Å². The van der Waals surface area contributed by atoms with Gasteiger partial charge in [0.2, 0.25) is 5.91 Å². The van der Waals surface area contributed by atoms with Gasteiger partial charge in [0.05, 0.1) is 5.75 Å². The minimum atomic E-state index is -1.14. The van der Waals surface area contributed by atoms with Crippen molar-refractivity contribution in [3.8, 4) is 0 Å². The van der Waals surface area contributed by atoms with Crippen LogP contribution in [0.25, 0.3) is 0 Å². The van der Waals surface area contributed by atoms with Crippen LogP contribution in [0.1, 0.15) is 12.0 Å². The minimum Gasteiger partial charge on any atom is -0.480 e. The van der Waals surface area contributed by atoms with Crippen molar-refractivity contribution in [1.82, 2.24) is 5.32 Å². The molecule has 0 heterocycles. The zero-order chi connectivity index (χ0) is 14.3. The molecule has 0 unspecified atom stereocenters. The Morgan fingerprint density at radius 1 is 1.37 bits per heavy atom. The first kappa shape index (κ1) is 15.5. The topological polar surface area (TPSA) is 86.6 Å². The molecule has 0 saturated heterocycles. The molecule has 3 N–H and O–H groups in total. The van der Waals surface area contributed by atoms with Gasteiger partial charge < -0.3 is 15.5 Å². The van der Waals surface area contributed by atoms with E-state index < -0.39 is 12.0 Å². The number of carboxylic acids is 1. The Morgan fingerprint density at radius 2 is 2.05 bits per heavy atom. The molecule has 1 rings (SSSR count). The summed E-state index contributed by atoms with van der Waals surface area (Å²) >= 11 is 1.36. The number of amides is 1. The number of carbonyl (C=O) groups excluding carboxylic acids is 1. The molecule has 104 valence electrons. The number of benzene rings is 1. The number of thioether (sulfide) groups is 1. The van der Waals surface area contributed by atoms with Crippen molar-refractivity contribution < 1.29 is 19.8 Å². The highest BCUT2D eigenvalue weighted by molar-refractivity contribution is 8.00. The first-order valence-electron chi connectivity index (χ1n) is 5.86. The number of hydrogen-bond donors (Lipinski definition) is 3. The highest BCUT2D eigenvalue weighted by atomic mass is 32.2. The Hall–Kier alpha value is -1.53. The predicted octanol–water partition coefficient (Wildman–Crippen LogP) is 1.04. The standard InChI is InChI=1S/C13H17NO4S/c1-9-4-2-3-5-11(9)19-8-12(16)14-10(6-7-15)13(17)18/h2-5,10,15H,6-8H2,1H3,(H,14,16)(H,17,18)/t10-/m1/s1. The summed E-state index contributed by atoms with van der Waals surface area (Å²) < 4.78 is 0. The van der Waals surface area contributed by atoms with E-state index >= 15 is 0 Å². The number of hydrogen-bond acceptors (Lipinski definition) is 4. The lowest BCUT2D eigenvalue weighted by Gasteiger charge is -2.13. The van der Waals surface area contributed by atoms with Crippen LogP contribution >= 0.6 is 11.8 Å². The Morgan fingerprint density at radius 3 is 2.63 bits per heavy atom. The van der Waals surface area contributed by atoms with E-state index in [4.69, 9.17) is 10.2 Å². The first-order chi connectivity index (χ1) is 9.04. The second-order valence-electron chi connectivity index (χ2n) is 4.02. The van der Waals surface area contributed by atoms with Gasteiger partial charge in [-0.1, -0.05) is 18.2 Å². The highest BCUT2D eigenvalue weighted by Crippen LogP contribution is 2.21. The number of rotatable bonds is 7. The molecule has 0 aliphatic heterocycles. The Kier molecular flexibility index (Phi) is 6.38. The molecule has 1 amide bonds. The van der Waals surface area contributed by atoms with Crippen LogP contribution in [0, 0.1) is 6.92 Å². The van der Waals surface area contributed by atoms with Gasteiger partial charge >= 0.3 is 5.97 Å². The van der Waals surface area contributed by atoms with E-state index in [1.54, 1.807) is 0 Å². The average Bonchev–Trinajstić information content (AvgIpc) is 2.37. The molecule has 1 aromatic rings. The SMILES string of the molecule is Cc1ccccc1SCC(=O)N[C@H](CCO)C(=O)O. The van der Waals surface area contributed by atoms with Crippen LogP contribution in [0.15, 0.2) is 29.2 Å². The smallest absolute Gasteiger partial charge is 0.326 e. The molecule has 0 spiro atoms. The third-order valence-corrected chi connectivity index (χ3v) is 3.68. The fourth-order valence-electron chi connectivity index (χ4n) is 1.48. The van der Waals surface area contributed by atoms with Gasteiger partial charge in [0.25, 0.3) is 0 Å². The molecule has 0 aliphatic rings. The summed E-state index contributed by atoms with van der Waals surface area (Å²) in [6.45, 7) is 1.67. The van der Waals surface area contributed by atoms with E-state index in [1.807, 2.05) is 31.2 Å². The molecule has 0 aromatic heterocycles. The summed E-state index contributed by atoms with van der Waals surface area (Å²) in [5.74, 6) is -1.34.